The molecule has 4 heterocycles. The quantitative estimate of drug-likeness (QED) is 0.483. The molecule has 6 nitrogen and oxygen atoms in total. The van der Waals surface area contributed by atoms with Crippen molar-refractivity contribution >= 4 is 38.8 Å². The van der Waals surface area contributed by atoms with Crippen LogP contribution in [0.1, 0.15) is 33.6 Å². The Bertz CT molecular complexity index is 1180. The number of benzene rings is 1. The molecule has 2 unspecified atom stereocenters. The zero-order chi connectivity index (χ0) is 23.9. The fraction of sp³-hybridized carbons (Fsp3) is 0.417. The Morgan fingerprint density at radius 3 is 2.56 bits per heavy atom. The lowest BCUT2D eigenvalue weighted by atomic mass is 10.1. The molecule has 2 bridgehead atoms. The minimum absolute atomic E-state index is 0.296. The number of carbonyl (C=O) groups is 1. The Labute approximate surface area is 199 Å². The summed E-state index contributed by atoms with van der Waals surface area (Å²) in [6.07, 6.45) is -0.540. The Kier molecular flexibility index (Phi) is 6.11. The highest BCUT2D eigenvalue weighted by atomic mass is 32.1. The molecule has 0 spiro atoms. The maximum atomic E-state index is 13.1. The van der Waals surface area contributed by atoms with E-state index in [0.717, 1.165) is 42.3 Å². The van der Waals surface area contributed by atoms with Gasteiger partial charge in [-0.3, -0.25) is 4.79 Å². The molecule has 2 fully saturated rings. The summed E-state index contributed by atoms with van der Waals surface area (Å²) in [5, 5.41) is 9.69. The third kappa shape index (κ3) is 4.56. The molecule has 2 aliphatic heterocycles. The molecular weight excluding hydrogens is 463 g/mol. The van der Waals surface area contributed by atoms with Gasteiger partial charge in [0.1, 0.15) is 9.71 Å². The number of aromatic nitrogens is 1. The van der Waals surface area contributed by atoms with E-state index >= 15 is 0 Å². The van der Waals surface area contributed by atoms with E-state index in [0.29, 0.717) is 45.8 Å². The molecule has 1 aromatic carbocycles. The van der Waals surface area contributed by atoms with Gasteiger partial charge in [-0.25, -0.2) is 4.98 Å². The fourth-order valence-electron chi connectivity index (χ4n) is 4.83. The molecule has 2 atom stereocenters. The molecule has 34 heavy (non-hydrogen) atoms. The van der Waals surface area contributed by atoms with E-state index < -0.39 is 11.7 Å². The average molecular weight is 490 g/mol. The van der Waals surface area contributed by atoms with Crippen LogP contribution in [0, 0.1) is 0 Å². The summed E-state index contributed by atoms with van der Waals surface area (Å²) in [4.78, 5) is 19.9. The molecule has 5 rings (SSSR count). The number of pyridine rings is 1. The first kappa shape index (κ1) is 22.9. The molecule has 1 amide bonds. The number of hydrogen-bond acceptors (Lipinski definition) is 6. The van der Waals surface area contributed by atoms with E-state index in [4.69, 9.17) is 0 Å². The van der Waals surface area contributed by atoms with Crippen LogP contribution in [-0.4, -0.2) is 49.7 Å². The van der Waals surface area contributed by atoms with Crippen molar-refractivity contribution in [3.05, 3.63) is 52.5 Å². The number of hydrogen-bond donors (Lipinski definition) is 3. The summed E-state index contributed by atoms with van der Waals surface area (Å²) in [5.41, 5.74) is 1.87. The topological polar surface area (TPSA) is 69.3 Å². The number of thiophene rings is 1. The zero-order valence-corrected chi connectivity index (χ0v) is 19.5. The number of halogens is 3. The normalized spacial score (nSPS) is 20.1. The predicted molar refractivity (Wildman–Crippen MR) is 129 cm³/mol. The van der Waals surface area contributed by atoms with Crippen molar-refractivity contribution < 1.29 is 18.0 Å². The van der Waals surface area contributed by atoms with Gasteiger partial charge in [-0.2, -0.15) is 13.2 Å². The van der Waals surface area contributed by atoms with E-state index in [1.165, 1.54) is 18.5 Å². The number of rotatable bonds is 6. The predicted octanol–water partition coefficient (Wildman–Crippen LogP) is 4.27. The standard InChI is InChI=1S/C24H26F3N5OS/c1-28-20-19-10-15(24(25,26)27)11-30-23(19)34-21(20)22(33)29-9-8-14-2-6-18(7-3-14)32-12-16-4-5-17(13-32)31-16/h2-3,6-7,10-11,16-17,28,31H,4-5,8-9,12-13H2,1H3,(H,29,33). The summed E-state index contributed by atoms with van der Waals surface area (Å²) >= 11 is 1.08. The lowest BCUT2D eigenvalue weighted by Gasteiger charge is -2.34. The minimum atomic E-state index is -4.49. The highest BCUT2D eigenvalue weighted by Gasteiger charge is 2.33. The first-order valence-corrected chi connectivity index (χ1v) is 12.2. The molecule has 2 saturated heterocycles. The van der Waals surface area contributed by atoms with Crippen molar-refractivity contribution in [2.24, 2.45) is 0 Å². The van der Waals surface area contributed by atoms with Crippen molar-refractivity contribution in [1.29, 1.82) is 0 Å². The summed E-state index contributed by atoms with van der Waals surface area (Å²) in [6, 6.07) is 10.7. The monoisotopic (exact) mass is 489 g/mol. The lowest BCUT2D eigenvalue weighted by Crippen LogP contribution is -2.51. The maximum Gasteiger partial charge on any atom is 0.417 e. The van der Waals surface area contributed by atoms with Crippen LogP contribution >= 0.6 is 11.3 Å². The van der Waals surface area contributed by atoms with E-state index in [2.05, 4.69) is 50.1 Å². The van der Waals surface area contributed by atoms with Crippen molar-refractivity contribution in [2.45, 2.75) is 37.5 Å². The average Bonchev–Trinajstić information content (AvgIpc) is 3.37. The molecule has 0 radical (unpaired) electrons. The fourth-order valence-corrected chi connectivity index (χ4v) is 5.88. The highest BCUT2D eigenvalue weighted by Crippen LogP contribution is 2.38. The number of nitrogens with zero attached hydrogens (tertiary/aromatic N) is 2. The molecule has 3 aromatic rings. The summed E-state index contributed by atoms with van der Waals surface area (Å²) in [7, 11) is 1.59. The van der Waals surface area contributed by atoms with Crippen LogP contribution in [-0.2, 0) is 12.6 Å². The number of amides is 1. The maximum absolute atomic E-state index is 13.1. The van der Waals surface area contributed by atoms with Crippen LogP contribution < -0.4 is 20.9 Å². The van der Waals surface area contributed by atoms with Crippen molar-refractivity contribution in [1.82, 2.24) is 15.6 Å². The molecular formula is C24H26F3N5OS. The van der Waals surface area contributed by atoms with Gasteiger partial charge in [0.25, 0.3) is 5.91 Å². The van der Waals surface area contributed by atoms with Crippen LogP contribution in [0.4, 0.5) is 24.5 Å². The molecule has 10 heteroatoms. The van der Waals surface area contributed by atoms with Crippen molar-refractivity contribution in [3.8, 4) is 0 Å². The molecule has 2 aliphatic rings. The van der Waals surface area contributed by atoms with Gasteiger partial charge in [0.2, 0.25) is 0 Å². The third-order valence-electron chi connectivity index (χ3n) is 6.55. The van der Waals surface area contributed by atoms with Crippen molar-refractivity contribution in [2.75, 3.05) is 36.9 Å². The Morgan fingerprint density at radius 2 is 1.91 bits per heavy atom. The van der Waals surface area contributed by atoms with Crippen LogP contribution in [0.15, 0.2) is 36.5 Å². The smallest absolute Gasteiger partial charge is 0.386 e. The first-order valence-electron chi connectivity index (χ1n) is 11.4. The van der Waals surface area contributed by atoms with Crippen LogP contribution in [0.2, 0.25) is 0 Å². The second-order valence-corrected chi connectivity index (χ2v) is 9.84. The molecule has 180 valence electrons. The Hall–Kier alpha value is -2.85. The molecule has 3 N–H and O–H groups in total. The van der Waals surface area contributed by atoms with Gasteiger partial charge in [-0.1, -0.05) is 12.1 Å². The Balaban J connectivity index is 1.21. The van der Waals surface area contributed by atoms with E-state index in [9.17, 15) is 18.0 Å². The number of carbonyl (C=O) groups excluding carboxylic acids is 1. The minimum Gasteiger partial charge on any atom is -0.386 e. The largest absolute Gasteiger partial charge is 0.417 e. The van der Waals surface area contributed by atoms with Gasteiger partial charge < -0.3 is 20.9 Å². The SMILES string of the molecule is CNc1c(C(=O)NCCc2ccc(N3CC4CCC(C3)N4)cc2)sc2ncc(C(F)(F)F)cc12. The highest BCUT2D eigenvalue weighted by molar-refractivity contribution is 7.21. The van der Waals surface area contributed by atoms with Crippen LogP contribution in [0.25, 0.3) is 10.2 Å². The molecule has 0 aliphatic carbocycles. The van der Waals surface area contributed by atoms with Gasteiger partial charge in [0.15, 0.2) is 0 Å². The number of piperazine rings is 1. The van der Waals surface area contributed by atoms with Crippen LogP contribution in [0.3, 0.4) is 0 Å². The van der Waals surface area contributed by atoms with Gasteiger partial charge >= 0.3 is 6.18 Å². The summed E-state index contributed by atoms with van der Waals surface area (Å²) < 4.78 is 39.2. The zero-order valence-electron chi connectivity index (χ0n) is 18.7. The van der Waals surface area contributed by atoms with Crippen molar-refractivity contribution in [3.63, 3.8) is 0 Å². The van der Waals surface area contributed by atoms with E-state index in [1.807, 2.05) is 0 Å². The number of fused-ring (bicyclic) bond motifs is 3. The number of nitrogens with one attached hydrogen (secondary N) is 3. The molecule has 2 aromatic heterocycles. The third-order valence-corrected chi connectivity index (χ3v) is 7.66. The lowest BCUT2D eigenvalue weighted by molar-refractivity contribution is -0.137. The van der Waals surface area contributed by atoms with Gasteiger partial charge in [-0.15, -0.1) is 11.3 Å². The summed E-state index contributed by atoms with van der Waals surface area (Å²) in [6.45, 7) is 2.50. The van der Waals surface area contributed by atoms with Gasteiger partial charge in [-0.05, 0) is 43.0 Å². The van der Waals surface area contributed by atoms with Crippen LogP contribution in [0.5, 0.6) is 0 Å². The van der Waals surface area contributed by atoms with E-state index in [1.54, 1.807) is 7.05 Å². The van der Waals surface area contributed by atoms with Gasteiger partial charge in [0.05, 0.1) is 11.3 Å². The number of anilines is 2. The second-order valence-electron chi connectivity index (χ2n) is 8.85. The first-order chi connectivity index (χ1) is 16.3. The second kappa shape index (κ2) is 9.07. The molecule has 0 saturated carbocycles. The Morgan fingerprint density at radius 1 is 1.21 bits per heavy atom. The van der Waals surface area contributed by atoms with Gasteiger partial charge in [0, 0.05) is 56.0 Å². The van der Waals surface area contributed by atoms with E-state index in [-0.39, 0.29) is 5.91 Å². The number of alkyl halides is 3. The summed E-state index contributed by atoms with van der Waals surface area (Å²) in [5.74, 6) is -0.325.